The third kappa shape index (κ3) is 6.00. The Hall–Kier alpha value is -0.960. The molecular weight excluding hydrogens is 264 g/mol. The van der Waals surface area contributed by atoms with Crippen molar-refractivity contribution in [2.45, 2.75) is 52.7 Å². The monoisotopic (exact) mass is 292 g/mol. The van der Waals surface area contributed by atoms with Gasteiger partial charge in [-0.1, -0.05) is 49.6 Å². The van der Waals surface area contributed by atoms with Crippen LogP contribution in [0.3, 0.4) is 0 Å². The Morgan fingerprint density at radius 2 is 1.75 bits per heavy atom. The Balaban J connectivity index is 2.21. The van der Waals surface area contributed by atoms with Crippen LogP contribution in [-0.2, 0) is 5.75 Å². The molecule has 0 saturated carbocycles. The van der Waals surface area contributed by atoms with Crippen molar-refractivity contribution in [3.05, 3.63) is 34.9 Å². The lowest BCUT2D eigenvalue weighted by molar-refractivity contribution is 0.448. The highest BCUT2D eigenvalue weighted by atomic mass is 32.2. The number of rotatable bonds is 8. The van der Waals surface area contributed by atoms with E-state index in [4.69, 9.17) is 11.1 Å². The topological polar surface area (TPSA) is 49.9 Å². The van der Waals surface area contributed by atoms with Gasteiger partial charge in [0.25, 0.3) is 0 Å². The SMILES string of the molecule is Cc1cc(C)cc(CSCCCCC(C)(C)C(=N)N)c1. The molecule has 112 valence electrons. The average Bonchev–Trinajstić information content (AvgIpc) is 2.32. The van der Waals surface area contributed by atoms with Crippen LogP contribution in [0.25, 0.3) is 0 Å². The number of aryl methyl sites for hydroxylation is 2. The van der Waals surface area contributed by atoms with E-state index < -0.39 is 0 Å². The van der Waals surface area contributed by atoms with E-state index in [1.807, 2.05) is 11.8 Å². The fourth-order valence-electron chi connectivity index (χ4n) is 2.25. The minimum Gasteiger partial charge on any atom is -0.387 e. The fraction of sp³-hybridized carbons (Fsp3) is 0.588. The number of nitrogens with two attached hydrogens (primary N) is 1. The van der Waals surface area contributed by atoms with Gasteiger partial charge in [0.2, 0.25) is 0 Å². The van der Waals surface area contributed by atoms with Gasteiger partial charge >= 0.3 is 0 Å². The number of benzene rings is 1. The molecule has 0 atom stereocenters. The molecule has 1 aromatic rings. The van der Waals surface area contributed by atoms with Gasteiger partial charge < -0.3 is 5.73 Å². The Morgan fingerprint density at radius 1 is 1.15 bits per heavy atom. The first-order valence-corrected chi connectivity index (χ1v) is 8.46. The van der Waals surface area contributed by atoms with E-state index in [1.165, 1.54) is 28.9 Å². The van der Waals surface area contributed by atoms with Crippen LogP contribution in [0.5, 0.6) is 0 Å². The predicted molar refractivity (Wildman–Crippen MR) is 91.6 cm³/mol. The van der Waals surface area contributed by atoms with Crippen LogP contribution < -0.4 is 5.73 Å². The first-order chi connectivity index (χ1) is 9.31. The lowest BCUT2D eigenvalue weighted by Gasteiger charge is -2.22. The lowest BCUT2D eigenvalue weighted by Crippen LogP contribution is -2.30. The van der Waals surface area contributed by atoms with Crippen molar-refractivity contribution in [1.29, 1.82) is 5.41 Å². The number of thioether (sulfide) groups is 1. The molecular formula is C17H28N2S. The molecule has 0 aliphatic carbocycles. The van der Waals surface area contributed by atoms with E-state index in [0.29, 0.717) is 5.84 Å². The second kappa shape index (κ2) is 7.72. The molecule has 0 aromatic heterocycles. The van der Waals surface area contributed by atoms with E-state index in [-0.39, 0.29) is 5.41 Å². The Labute approximate surface area is 128 Å². The number of hydrogen-bond acceptors (Lipinski definition) is 2. The quantitative estimate of drug-likeness (QED) is 0.415. The van der Waals surface area contributed by atoms with Crippen molar-refractivity contribution in [2.75, 3.05) is 5.75 Å². The van der Waals surface area contributed by atoms with Crippen LogP contribution in [0.1, 0.15) is 49.8 Å². The summed E-state index contributed by atoms with van der Waals surface area (Å²) < 4.78 is 0. The van der Waals surface area contributed by atoms with Gasteiger partial charge in [0.15, 0.2) is 0 Å². The molecule has 2 nitrogen and oxygen atoms in total. The molecule has 0 aliphatic rings. The molecule has 0 bridgehead atoms. The molecule has 0 heterocycles. The summed E-state index contributed by atoms with van der Waals surface area (Å²) in [5.74, 6) is 2.58. The molecule has 0 spiro atoms. The zero-order chi connectivity index (χ0) is 15.2. The highest BCUT2D eigenvalue weighted by molar-refractivity contribution is 7.98. The smallest absolute Gasteiger partial charge is 0.0963 e. The molecule has 0 amide bonds. The minimum absolute atomic E-state index is 0.141. The number of hydrogen-bond donors (Lipinski definition) is 2. The van der Waals surface area contributed by atoms with Gasteiger partial charge in [-0.3, -0.25) is 5.41 Å². The Morgan fingerprint density at radius 3 is 2.30 bits per heavy atom. The van der Waals surface area contributed by atoms with Gasteiger partial charge in [0, 0.05) is 11.2 Å². The number of unbranched alkanes of at least 4 members (excludes halogenated alkanes) is 1. The zero-order valence-electron chi connectivity index (χ0n) is 13.3. The summed E-state index contributed by atoms with van der Waals surface area (Å²) in [6, 6.07) is 6.77. The predicted octanol–water partition coefficient (Wildman–Crippen LogP) is 4.67. The summed E-state index contributed by atoms with van der Waals surface area (Å²) in [6.45, 7) is 8.42. The van der Waals surface area contributed by atoms with Crippen molar-refractivity contribution in [2.24, 2.45) is 11.1 Å². The maximum absolute atomic E-state index is 7.54. The summed E-state index contributed by atoms with van der Waals surface area (Å²) in [4.78, 5) is 0. The van der Waals surface area contributed by atoms with Crippen LogP contribution >= 0.6 is 11.8 Å². The minimum atomic E-state index is -0.141. The van der Waals surface area contributed by atoms with Gasteiger partial charge in [0.05, 0.1) is 5.84 Å². The normalized spacial score (nSPS) is 11.6. The van der Waals surface area contributed by atoms with E-state index in [0.717, 1.165) is 18.6 Å². The third-order valence-electron chi connectivity index (χ3n) is 3.62. The highest BCUT2D eigenvalue weighted by Crippen LogP contribution is 2.24. The molecule has 3 N–H and O–H groups in total. The fourth-order valence-corrected chi connectivity index (χ4v) is 3.20. The lowest BCUT2D eigenvalue weighted by atomic mass is 9.86. The van der Waals surface area contributed by atoms with Crippen molar-refractivity contribution in [3.63, 3.8) is 0 Å². The molecule has 1 aromatic carbocycles. The molecule has 0 radical (unpaired) electrons. The van der Waals surface area contributed by atoms with Crippen LogP contribution in [0, 0.1) is 24.7 Å². The summed E-state index contributed by atoms with van der Waals surface area (Å²) in [5, 5.41) is 7.54. The largest absolute Gasteiger partial charge is 0.387 e. The van der Waals surface area contributed by atoms with Crippen LogP contribution in [0.15, 0.2) is 18.2 Å². The van der Waals surface area contributed by atoms with Gasteiger partial charge in [-0.25, -0.2) is 0 Å². The van der Waals surface area contributed by atoms with Gasteiger partial charge in [-0.15, -0.1) is 0 Å². The van der Waals surface area contributed by atoms with E-state index in [2.05, 4.69) is 45.9 Å². The Bertz CT molecular complexity index is 432. The van der Waals surface area contributed by atoms with E-state index in [1.54, 1.807) is 0 Å². The van der Waals surface area contributed by atoms with Gasteiger partial charge in [-0.05, 0) is 38.0 Å². The van der Waals surface area contributed by atoms with Crippen molar-refractivity contribution in [3.8, 4) is 0 Å². The van der Waals surface area contributed by atoms with Crippen LogP contribution in [0.4, 0.5) is 0 Å². The van der Waals surface area contributed by atoms with Crippen molar-refractivity contribution in [1.82, 2.24) is 0 Å². The average molecular weight is 292 g/mol. The second-order valence-electron chi connectivity index (χ2n) is 6.30. The molecule has 0 fully saturated rings. The molecule has 0 saturated heterocycles. The first-order valence-electron chi connectivity index (χ1n) is 7.31. The molecule has 0 aliphatic heterocycles. The van der Waals surface area contributed by atoms with Crippen LogP contribution in [-0.4, -0.2) is 11.6 Å². The molecule has 1 rings (SSSR count). The maximum atomic E-state index is 7.54. The van der Waals surface area contributed by atoms with Crippen molar-refractivity contribution < 1.29 is 0 Å². The number of amidine groups is 1. The Kier molecular flexibility index (Phi) is 6.60. The maximum Gasteiger partial charge on any atom is 0.0963 e. The highest BCUT2D eigenvalue weighted by Gasteiger charge is 2.20. The summed E-state index contributed by atoms with van der Waals surface area (Å²) in [5.41, 5.74) is 9.58. The standard InChI is InChI=1S/C17H28N2S/c1-13-9-14(2)11-15(10-13)12-20-8-6-5-7-17(3,4)16(18)19/h9-11H,5-8,12H2,1-4H3,(H3,18,19). The molecule has 3 heteroatoms. The third-order valence-corrected chi connectivity index (χ3v) is 4.73. The summed E-state index contributed by atoms with van der Waals surface area (Å²) in [7, 11) is 0. The zero-order valence-corrected chi connectivity index (χ0v) is 14.1. The summed E-state index contributed by atoms with van der Waals surface area (Å²) in [6.07, 6.45) is 3.35. The molecule has 20 heavy (non-hydrogen) atoms. The van der Waals surface area contributed by atoms with E-state index in [9.17, 15) is 0 Å². The van der Waals surface area contributed by atoms with Crippen LogP contribution in [0.2, 0.25) is 0 Å². The first kappa shape index (κ1) is 17.1. The summed E-state index contributed by atoms with van der Waals surface area (Å²) >= 11 is 2.00. The second-order valence-corrected chi connectivity index (χ2v) is 7.41. The molecule has 0 unspecified atom stereocenters. The van der Waals surface area contributed by atoms with Gasteiger partial charge in [-0.2, -0.15) is 11.8 Å². The van der Waals surface area contributed by atoms with E-state index >= 15 is 0 Å². The van der Waals surface area contributed by atoms with Gasteiger partial charge in [0.1, 0.15) is 0 Å². The van der Waals surface area contributed by atoms with Crippen molar-refractivity contribution >= 4 is 17.6 Å². The number of nitrogens with one attached hydrogen (secondary N) is 1.